The lowest BCUT2D eigenvalue weighted by molar-refractivity contribution is -0.130. The number of nitrogens with one attached hydrogen (secondary N) is 3. The standard InChI is InChI=1S/C26H42F2N4O9S/c1-15(2)11-19(23(35)30-20(24(36)42(38,39)40)12-17-7-10-29-22(17)34)31-25(37)41-14-18-3-4-21(33)32(18)13-16-5-8-26(27,28)9-6-16/h15-20,24,36H,3-14H2,1-2H3,(H,29,34)(H,30,35)(H,31,37)(H,38,39,40)/p-1/t17-,18-,19-,20-,24?/m0/s1. The van der Waals surface area contributed by atoms with Gasteiger partial charge < -0.3 is 35.2 Å². The minimum Gasteiger partial charge on any atom is -0.746 e. The van der Waals surface area contributed by atoms with Gasteiger partial charge >= 0.3 is 6.09 Å². The van der Waals surface area contributed by atoms with Crippen molar-refractivity contribution in [1.82, 2.24) is 20.9 Å². The highest BCUT2D eigenvalue weighted by atomic mass is 32.2. The van der Waals surface area contributed by atoms with E-state index in [1.807, 2.05) is 0 Å². The normalized spacial score (nSPS) is 25.2. The number of carbonyl (C=O) groups is 4. The molecule has 4 amide bonds. The van der Waals surface area contributed by atoms with E-state index in [9.17, 15) is 46.0 Å². The van der Waals surface area contributed by atoms with E-state index in [0.717, 1.165) is 0 Å². The van der Waals surface area contributed by atoms with Gasteiger partial charge in [0.25, 0.3) is 0 Å². The molecule has 0 bridgehead atoms. The van der Waals surface area contributed by atoms with Crippen LogP contribution in [0, 0.1) is 17.8 Å². The Bertz CT molecular complexity index is 1100. The van der Waals surface area contributed by atoms with Gasteiger partial charge in [-0.3, -0.25) is 14.4 Å². The molecule has 13 nitrogen and oxygen atoms in total. The summed E-state index contributed by atoms with van der Waals surface area (Å²) in [5, 5.41) is 17.5. The number of hydrogen-bond acceptors (Lipinski definition) is 9. The molecule has 1 saturated carbocycles. The Morgan fingerprint density at radius 2 is 1.83 bits per heavy atom. The fourth-order valence-electron chi connectivity index (χ4n) is 5.74. The minimum atomic E-state index is -5.25. The summed E-state index contributed by atoms with van der Waals surface area (Å²) in [6.07, 6.45) is -0.0606. The molecule has 0 aromatic heterocycles. The molecule has 0 spiro atoms. The zero-order valence-corrected chi connectivity index (χ0v) is 24.7. The third-order valence-electron chi connectivity index (χ3n) is 8.14. The predicted molar refractivity (Wildman–Crippen MR) is 143 cm³/mol. The molecular formula is C26H41F2N4O9S-. The van der Waals surface area contributed by atoms with Gasteiger partial charge in [-0.2, -0.15) is 0 Å². The van der Waals surface area contributed by atoms with Crippen molar-refractivity contribution in [3.8, 4) is 0 Å². The number of likely N-dealkylation sites (tertiary alicyclic amines) is 1. The Hall–Kier alpha value is -2.59. The maximum absolute atomic E-state index is 13.5. The van der Waals surface area contributed by atoms with E-state index in [1.165, 1.54) is 0 Å². The fraction of sp³-hybridized carbons (Fsp3) is 0.846. The summed E-state index contributed by atoms with van der Waals surface area (Å²) in [6, 6.07) is -3.27. The van der Waals surface area contributed by atoms with E-state index in [4.69, 9.17) is 4.74 Å². The Morgan fingerprint density at radius 1 is 1.17 bits per heavy atom. The van der Waals surface area contributed by atoms with Crippen LogP contribution in [0.2, 0.25) is 0 Å². The molecule has 0 radical (unpaired) electrons. The SMILES string of the molecule is CC(C)C[C@H](NC(=O)OC[C@@H]1CCC(=O)N1CC1CCC(F)(F)CC1)C(=O)N[C@@H](C[C@@H]1CCNC1=O)C(O)S(=O)(=O)[O-]. The Labute approximate surface area is 244 Å². The molecule has 1 aliphatic carbocycles. The number of halogens is 2. The van der Waals surface area contributed by atoms with E-state index in [0.29, 0.717) is 38.8 Å². The minimum absolute atomic E-state index is 0.0707. The number of aliphatic hydroxyl groups is 1. The van der Waals surface area contributed by atoms with Gasteiger partial charge in [0.1, 0.15) is 22.8 Å². The van der Waals surface area contributed by atoms with Crippen LogP contribution in [0.15, 0.2) is 0 Å². The van der Waals surface area contributed by atoms with E-state index < -0.39 is 63.4 Å². The smallest absolute Gasteiger partial charge is 0.407 e. The molecule has 2 heterocycles. The van der Waals surface area contributed by atoms with Crippen LogP contribution in [0.5, 0.6) is 0 Å². The zero-order chi connectivity index (χ0) is 31.2. The Kier molecular flexibility index (Phi) is 11.5. The van der Waals surface area contributed by atoms with Gasteiger partial charge in [-0.1, -0.05) is 13.8 Å². The third-order valence-corrected chi connectivity index (χ3v) is 9.06. The van der Waals surface area contributed by atoms with Gasteiger partial charge in [-0.25, -0.2) is 22.0 Å². The molecular weight excluding hydrogens is 582 g/mol. The summed E-state index contributed by atoms with van der Waals surface area (Å²) in [7, 11) is -5.25. The molecule has 2 saturated heterocycles. The van der Waals surface area contributed by atoms with E-state index in [1.54, 1.807) is 18.7 Å². The van der Waals surface area contributed by atoms with Crippen LogP contribution in [0.4, 0.5) is 13.6 Å². The van der Waals surface area contributed by atoms with Crippen molar-refractivity contribution in [2.45, 2.75) is 101 Å². The van der Waals surface area contributed by atoms with E-state index in [-0.39, 0.29) is 56.5 Å². The first kappa shape index (κ1) is 33.9. The molecule has 4 N–H and O–H groups in total. The highest BCUT2D eigenvalue weighted by Gasteiger charge is 2.39. The molecule has 0 aromatic rings. The van der Waals surface area contributed by atoms with Crippen LogP contribution in [-0.4, -0.2) is 96.0 Å². The third kappa shape index (κ3) is 9.73. The first-order valence-electron chi connectivity index (χ1n) is 14.4. The van der Waals surface area contributed by atoms with E-state index in [2.05, 4.69) is 16.0 Å². The largest absolute Gasteiger partial charge is 0.746 e. The fourth-order valence-corrected chi connectivity index (χ4v) is 6.33. The Morgan fingerprint density at radius 3 is 2.40 bits per heavy atom. The molecule has 3 rings (SSSR count). The number of nitrogens with zero attached hydrogens (tertiary/aromatic N) is 1. The lowest BCUT2D eigenvalue weighted by Gasteiger charge is -2.33. The number of alkyl halides is 2. The number of amides is 4. The van der Waals surface area contributed by atoms with Crippen molar-refractivity contribution < 1.29 is 50.8 Å². The monoisotopic (exact) mass is 623 g/mol. The predicted octanol–water partition coefficient (Wildman–Crippen LogP) is 0.818. The van der Waals surface area contributed by atoms with Crippen molar-refractivity contribution in [3.63, 3.8) is 0 Å². The molecule has 42 heavy (non-hydrogen) atoms. The van der Waals surface area contributed by atoms with Crippen LogP contribution in [0.25, 0.3) is 0 Å². The van der Waals surface area contributed by atoms with Gasteiger partial charge in [0.2, 0.25) is 23.6 Å². The number of hydrogen-bond donors (Lipinski definition) is 4. The van der Waals surface area contributed by atoms with Crippen molar-refractivity contribution >= 4 is 33.9 Å². The zero-order valence-electron chi connectivity index (χ0n) is 23.9. The molecule has 3 fully saturated rings. The molecule has 0 aromatic carbocycles. The lowest BCUT2D eigenvalue weighted by atomic mass is 9.86. The lowest BCUT2D eigenvalue weighted by Crippen LogP contribution is -2.55. The molecule has 240 valence electrons. The van der Waals surface area contributed by atoms with Crippen molar-refractivity contribution in [2.24, 2.45) is 17.8 Å². The molecule has 16 heteroatoms. The highest BCUT2D eigenvalue weighted by Crippen LogP contribution is 2.37. The number of rotatable bonds is 13. The van der Waals surface area contributed by atoms with Gasteiger partial charge in [0, 0.05) is 38.3 Å². The quantitative estimate of drug-likeness (QED) is 0.215. The first-order valence-corrected chi connectivity index (χ1v) is 15.8. The Balaban J connectivity index is 1.59. The van der Waals surface area contributed by atoms with Crippen LogP contribution < -0.4 is 16.0 Å². The number of alkyl carbamates (subject to hydrolysis) is 1. The molecule has 3 aliphatic rings. The summed E-state index contributed by atoms with van der Waals surface area (Å²) >= 11 is 0. The highest BCUT2D eigenvalue weighted by molar-refractivity contribution is 7.86. The van der Waals surface area contributed by atoms with Crippen LogP contribution in [-0.2, 0) is 29.2 Å². The maximum Gasteiger partial charge on any atom is 0.407 e. The summed E-state index contributed by atoms with van der Waals surface area (Å²) in [5.41, 5.74) is -2.51. The van der Waals surface area contributed by atoms with Crippen LogP contribution >= 0.6 is 0 Å². The molecule has 2 aliphatic heterocycles. The van der Waals surface area contributed by atoms with Gasteiger partial charge in [0.05, 0.1) is 12.1 Å². The first-order chi connectivity index (χ1) is 19.6. The average Bonchev–Trinajstić information content (AvgIpc) is 3.46. The summed E-state index contributed by atoms with van der Waals surface area (Å²) in [6.45, 7) is 3.99. The molecule has 5 atom stereocenters. The number of aliphatic hydroxyl groups excluding tert-OH is 1. The maximum atomic E-state index is 13.5. The summed E-state index contributed by atoms with van der Waals surface area (Å²) in [5.74, 6) is -5.03. The van der Waals surface area contributed by atoms with E-state index >= 15 is 0 Å². The summed E-state index contributed by atoms with van der Waals surface area (Å²) < 4.78 is 67.0. The van der Waals surface area contributed by atoms with Gasteiger partial charge in [0.15, 0.2) is 5.44 Å². The topological polar surface area (TPSA) is 194 Å². The van der Waals surface area contributed by atoms with Crippen LogP contribution in [0.1, 0.15) is 71.6 Å². The van der Waals surface area contributed by atoms with Crippen LogP contribution in [0.3, 0.4) is 0 Å². The van der Waals surface area contributed by atoms with Crippen molar-refractivity contribution in [2.75, 3.05) is 19.7 Å². The van der Waals surface area contributed by atoms with Crippen molar-refractivity contribution in [3.05, 3.63) is 0 Å². The van der Waals surface area contributed by atoms with Gasteiger partial charge in [-0.05, 0) is 50.4 Å². The number of carbonyl (C=O) groups excluding carboxylic acids is 4. The second kappa shape index (κ2) is 14.3. The number of ether oxygens (including phenoxy) is 1. The average molecular weight is 624 g/mol. The summed E-state index contributed by atoms with van der Waals surface area (Å²) in [4.78, 5) is 51.8. The van der Waals surface area contributed by atoms with Gasteiger partial charge in [-0.15, -0.1) is 0 Å². The molecule has 1 unspecified atom stereocenters. The second-order valence-electron chi connectivity index (χ2n) is 12.0. The second-order valence-corrected chi connectivity index (χ2v) is 13.4. The van der Waals surface area contributed by atoms with Crippen molar-refractivity contribution in [1.29, 1.82) is 0 Å².